The molecule has 15 heteroatoms. The molecule has 1 aliphatic carbocycles. The molecule has 2 amide bonds. The second-order valence-corrected chi connectivity index (χ2v) is 13.0. The van der Waals surface area contributed by atoms with Crippen molar-refractivity contribution in [1.82, 2.24) is 40.0 Å². The largest absolute Gasteiger partial charge is 0.393 e. The fourth-order valence-corrected chi connectivity index (χ4v) is 7.01. The number of carbonyl (C=O) groups excluding carboxylic acids is 2. The zero-order chi connectivity index (χ0) is 32.6. The van der Waals surface area contributed by atoms with Crippen molar-refractivity contribution in [2.24, 2.45) is 23.7 Å². The summed E-state index contributed by atoms with van der Waals surface area (Å²) in [6.45, 7) is 7.72. The van der Waals surface area contributed by atoms with Crippen LogP contribution in [-0.2, 0) is 22.5 Å². The Morgan fingerprint density at radius 1 is 1.20 bits per heavy atom. The van der Waals surface area contributed by atoms with E-state index in [0.29, 0.717) is 60.8 Å². The molecule has 2 saturated heterocycles. The van der Waals surface area contributed by atoms with Crippen LogP contribution in [0.25, 0.3) is 5.78 Å². The van der Waals surface area contributed by atoms with E-state index in [0.717, 1.165) is 25.7 Å². The van der Waals surface area contributed by atoms with Gasteiger partial charge in [-0.3, -0.25) is 14.3 Å². The predicted octanol–water partition coefficient (Wildman–Crippen LogP) is 3.72. The summed E-state index contributed by atoms with van der Waals surface area (Å²) >= 11 is 0. The van der Waals surface area contributed by atoms with Crippen LogP contribution in [-0.4, -0.2) is 79.7 Å². The number of carbonyl (C=O) groups is 2. The maximum atomic E-state index is 13.6. The van der Waals surface area contributed by atoms with Crippen molar-refractivity contribution < 1.29 is 27.5 Å². The van der Waals surface area contributed by atoms with Gasteiger partial charge in [-0.25, -0.2) is 9.50 Å². The summed E-state index contributed by atoms with van der Waals surface area (Å²) < 4.78 is 49.8. The van der Waals surface area contributed by atoms with Gasteiger partial charge in [0.25, 0.3) is 11.7 Å². The fraction of sp³-hybridized carbons (Fsp3) is 0.677. The van der Waals surface area contributed by atoms with Crippen LogP contribution in [0, 0.1) is 23.7 Å². The van der Waals surface area contributed by atoms with Crippen LogP contribution in [0.2, 0.25) is 0 Å². The molecule has 0 radical (unpaired) electrons. The first kappa shape index (κ1) is 32.2. The van der Waals surface area contributed by atoms with Crippen molar-refractivity contribution >= 4 is 23.4 Å². The molecule has 0 aromatic carbocycles. The van der Waals surface area contributed by atoms with E-state index in [2.05, 4.69) is 22.7 Å². The number of aryl methyl sites for hydroxylation is 1. The van der Waals surface area contributed by atoms with E-state index < -0.39 is 36.5 Å². The molecular weight excluding hydrogens is 603 g/mol. The number of piperidine rings is 1. The van der Waals surface area contributed by atoms with Crippen LogP contribution in [0.4, 0.5) is 19.0 Å². The van der Waals surface area contributed by atoms with E-state index in [-0.39, 0.29) is 30.8 Å². The molecule has 3 aliphatic rings. The van der Waals surface area contributed by atoms with Gasteiger partial charge in [-0.1, -0.05) is 19.8 Å². The van der Waals surface area contributed by atoms with Crippen molar-refractivity contribution in [2.75, 3.05) is 31.1 Å². The quantitative estimate of drug-likeness (QED) is 0.379. The highest BCUT2D eigenvalue weighted by molar-refractivity contribution is 5.92. The third-order valence-electron chi connectivity index (χ3n) is 9.67. The SMILES string of the molecule is CCn1nccc1C(=O)N[C@H](c1cn2nc(C[C@H]3C[C@@H](C(F)(F)F)CNC3=O)c(N3CCO[C@H](C)C3)nc2n1)C1CCC(C)CC1. The standard InChI is InChI=1S/C31H42F3N9O3/c1-4-42-25(9-10-36-42)29(45)38-26(20-7-5-18(2)6-8-20)24-17-43-30(37-24)39-27(41-11-12-46-19(3)16-41)23(40-43)14-21-13-22(31(32,33)34)15-35-28(21)44/h9-10,17-22,26H,4-8,11-16H2,1-3H3,(H,35,44)(H,38,45)/t18?,19-,20?,21-,22-,26+/m1/s1. The molecule has 0 unspecified atom stereocenters. The first-order valence-corrected chi connectivity index (χ1v) is 16.3. The van der Waals surface area contributed by atoms with Gasteiger partial charge in [-0.2, -0.15) is 28.4 Å². The monoisotopic (exact) mass is 645 g/mol. The van der Waals surface area contributed by atoms with Crippen molar-refractivity contribution in [3.8, 4) is 0 Å². The molecule has 2 N–H and O–H groups in total. The van der Waals surface area contributed by atoms with E-state index in [9.17, 15) is 22.8 Å². The van der Waals surface area contributed by atoms with Gasteiger partial charge < -0.3 is 20.3 Å². The van der Waals surface area contributed by atoms with Gasteiger partial charge in [0.15, 0.2) is 5.82 Å². The van der Waals surface area contributed by atoms with Gasteiger partial charge in [0.1, 0.15) is 11.4 Å². The Hall–Kier alpha value is -3.75. The lowest BCUT2D eigenvalue weighted by atomic mass is 9.78. The molecule has 6 rings (SSSR count). The third-order valence-corrected chi connectivity index (χ3v) is 9.67. The second-order valence-electron chi connectivity index (χ2n) is 13.0. The maximum absolute atomic E-state index is 13.6. The number of ether oxygens (including phenoxy) is 1. The minimum atomic E-state index is -4.41. The summed E-state index contributed by atoms with van der Waals surface area (Å²) in [6, 6.07) is 1.29. The number of aromatic nitrogens is 6. The second kappa shape index (κ2) is 13.2. The first-order chi connectivity index (χ1) is 22.0. The van der Waals surface area contributed by atoms with Crippen molar-refractivity contribution in [3.63, 3.8) is 0 Å². The minimum Gasteiger partial charge on any atom is -0.375 e. The van der Waals surface area contributed by atoms with Crippen molar-refractivity contribution in [2.45, 2.75) is 84.2 Å². The van der Waals surface area contributed by atoms with E-state index in [1.807, 2.05) is 18.7 Å². The van der Waals surface area contributed by atoms with E-state index in [4.69, 9.17) is 19.8 Å². The molecule has 0 bridgehead atoms. The van der Waals surface area contributed by atoms with E-state index in [1.54, 1.807) is 23.1 Å². The van der Waals surface area contributed by atoms with Gasteiger partial charge in [-0.15, -0.1) is 0 Å². The topological polar surface area (TPSA) is 132 Å². The molecule has 3 aromatic heterocycles. The molecule has 0 spiro atoms. The number of hydrogen-bond donors (Lipinski definition) is 2. The predicted molar refractivity (Wildman–Crippen MR) is 162 cm³/mol. The number of imidazole rings is 1. The summed E-state index contributed by atoms with van der Waals surface area (Å²) in [7, 11) is 0. The van der Waals surface area contributed by atoms with Crippen LogP contribution >= 0.6 is 0 Å². The van der Waals surface area contributed by atoms with Crippen molar-refractivity contribution in [3.05, 3.63) is 35.5 Å². The Morgan fingerprint density at radius 2 is 1.98 bits per heavy atom. The van der Waals surface area contributed by atoms with Gasteiger partial charge in [0, 0.05) is 44.7 Å². The number of morpholine rings is 1. The zero-order valence-corrected chi connectivity index (χ0v) is 26.5. The van der Waals surface area contributed by atoms with Gasteiger partial charge in [0.05, 0.1) is 36.6 Å². The van der Waals surface area contributed by atoms with Crippen LogP contribution in [0.15, 0.2) is 18.5 Å². The van der Waals surface area contributed by atoms with E-state index in [1.165, 1.54) is 4.52 Å². The van der Waals surface area contributed by atoms with Gasteiger partial charge in [0.2, 0.25) is 5.91 Å². The van der Waals surface area contributed by atoms with Crippen LogP contribution < -0.4 is 15.5 Å². The molecular formula is C31H42F3N9O3. The average molecular weight is 646 g/mol. The summed E-state index contributed by atoms with van der Waals surface area (Å²) in [5.74, 6) is -1.64. The Bertz CT molecular complexity index is 1550. The number of nitrogens with one attached hydrogen (secondary N) is 2. The number of rotatable bonds is 8. The molecule has 2 aliphatic heterocycles. The first-order valence-electron chi connectivity index (χ1n) is 16.3. The van der Waals surface area contributed by atoms with Crippen LogP contribution in [0.3, 0.4) is 0 Å². The molecule has 3 fully saturated rings. The van der Waals surface area contributed by atoms with Crippen LogP contribution in [0.5, 0.6) is 0 Å². The number of nitrogens with zero attached hydrogens (tertiary/aromatic N) is 7. The Kier molecular flexibility index (Phi) is 9.22. The number of halogens is 3. The molecule has 46 heavy (non-hydrogen) atoms. The summed E-state index contributed by atoms with van der Waals surface area (Å²) in [5, 5.41) is 14.7. The number of hydrogen-bond acceptors (Lipinski definition) is 8. The summed E-state index contributed by atoms with van der Waals surface area (Å²) in [6.07, 6.45) is 2.47. The average Bonchev–Trinajstić information content (AvgIpc) is 3.67. The molecule has 4 atom stereocenters. The molecule has 12 nitrogen and oxygen atoms in total. The van der Waals surface area contributed by atoms with Crippen molar-refractivity contribution in [1.29, 1.82) is 0 Å². The number of anilines is 1. The summed E-state index contributed by atoms with van der Waals surface area (Å²) in [4.78, 5) is 38.1. The number of amides is 2. The maximum Gasteiger partial charge on any atom is 0.393 e. The lowest BCUT2D eigenvalue weighted by Crippen LogP contribution is -2.47. The van der Waals surface area contributed by atoms with Crippen LogP contribution in [0.1, 0.15) is 80.8 Å². The summed E-state index contributed by atoms with van der Waals surface area (Å²) in [5.41, 5.74) is 1.50. The molecule has 5 heterocycles. The smallest absolute Gasteiger partial charge is 0.375 e. The Balaban J connectivity index is 1.36. The molecule has 1 saturated carbocycles. The Morgan fingerprint density at radius 3 is 2.70 bits per heavy atom. The highest BCUT2D eigenvalue weighted by Crippen LogP contribution is 2.38. The normalized spacial score (nSPS) is 26.6. The highest BCUT2D eigenvalue weighted by Gasteiger charge is 2.45. The van der Waals surface area contributed by atoms with E-state index >= 15 is 0 Å². The minimum absolute atomic E-state index is 0.00236. The number of alkyl halides is 3. The number of fused-ring (bicyclic) bond motifs is 1. The lowest BCUT2D eigenvalue weighted by molar-refractivity contribution is -0.183. The highest BCUT2D eigenvalue weighted by atomic mass is 19.4. The molecule has 3 aromatic rings. The molecule has 250 valence electrons. The van der Waals surface area contributed by atoms with Gasteiger partial charge in [-0.05, 0) is 51.0 Å². The third kappa shape index (κ3) is 6.83. The Labute approximate surface area is 265 Å². The lowest BCUT2D eigenvalue weighted by Gasteiger charge is -2.34. The van der Waals surface area contributed by atoms with Gasteiger partial charge >= 0.3 is 6.18 Å². The zero-order valence-electron chi connectivity index (χ0n) is 26.5. The fourth-order valence-electron chi connectivity index (χ4n) is 7.01.